The number of carbonyl (C=O) groups is 3. The molecule has 2 aromatic rings. The first-order valence-corrected chi connectivity index (χ1v) is 11.5. The molecule has 1 aliphatic carbocycles. The van der Waals surface area contributed by atoms with Crippen molar-refractivity contribution in [2.45, 2.75) is 51.1 Å². The predicted octanol–water partition coefficient (Wildman–Crippen LogP) is 4.03. The first kappa shape index (κ1) is 25.3. The van der Waals surface area contributed by atoms with E-state index in [-0.39, 0.29) is 31.1 Å². The van der Waals surface area contributed by atoms with Gasteiger partial charge in [-0.3, -0.25) is 9.59 Å². The first-order valence-electron chi connectivity index (χ1n) is 11.5. The number of nitrogens with one attached hydrogen (secondary N) is 2. The zero-order valence-electron chi connectivity index (χ0n) is 19.8. The van der Waals surface area contributed by atoms with Crippen molar-refractivity contribution in [3.05, 3.63) is 59.2 Å². The molecule has 1 saturated carbocycles. The van der Waals surface area contributed by atoms with Crippen molar-refractivity contribution in [2.24, 2.45) is 0 Å². The Morgan fingerprint density at radius 3 is 2.47 bits per heavy atom. The highest BCUT2D eigenvalue weighted by Gasteiger charge is 2.58. The molecule has 0 aromatic heterocycles. The molecule has 8 nitrogen and oxygen atoms in total. The fraction of sp³-hybridized carbons (Fsp3) is 0.400. The smallest absolute Gasteiger partial charge is 0.417 e. The van der Waals surface area contributed by atoms with E-state index in [9.17, 15) is 27.6 Å². The molecule has 0 bridgehead atoms. The molecule has 192 valence electrons. The van der Waals surface area contributed by atoms with Gasteiger partial charge in [-0.25, -0.2) is 4.79 Å². The lowest BCUT2D eigenvalue weighted by molar-refractivity contribution is -0.138. The van der Waals surface area contributed by atoms with Gasteiger partial charge in [0.1, 0.15) is 12.4 Å². The molecule has 1 fully saturated rings. The molecule has 4 rings (SSSR count). The highest BCUT2D eigenvalue weighted by molar-refractivity contribution is 6.06. The predicted molar refractivity (Wildman–Crippen MR) is 124 cm³/mol. The molecule has 0 saturated heterocycles. The summed E-state index contributed by atoms with van der Waals surface area (Å²) in [7, 11) is 0. The molecule has 2 aliphatic rings. The van der Waals surface area contributed by atoms with Gasteiger partial charge in [0.15, 0.2) is 5.60 Å². The Labute approximate surface area is 205 Å². The number of halogens is 3. The average Bonchev–Trinajstić information content (AvgIpc) is 3.59. The van der Waals surface area contributed by atoms with E-state index in [0.29, 0.717) is 12.8 Å². The number of anilines is 1. The molecular formula is C25H26F3N3O5. The van der Waals surface area contributed by atoms with Crippen LogP contribution in [0.3, 0.4) is 0 Å². The van der Waals surface area contributed by atoms with E-state index in [1.165, 1.54) is 4.90 Å². The maximum absolute atomic E-state index is 13.8. The minimum atomic E-state index is -4.81. The van der Waals surface area contributed by atoms with E-state index >= 15 is 0 Å². The molecule has 2 aromatic carbocycles. The van der Waals surface area contributed by atoms with E-state index in [2.05, 4.69) is 10.6 Å². The van der Waals surface area contributed by atoms with Gasteiger partial charge in [0, 0.05) is 32.0 Å². The number of nitrogens with zero attached hydrogens (tertiary/aromatic N) is 1. The van der Waals surface area contributed by atoms with Gasteiger partial charge in [-0.1, -0.05) is 30.3 Å². The van der Waals surface area contributed by atoms with E-state index < -0.39 is 46.9 Å². The van der Waals surface area contributed by atoms with Gasteiger partial charge < -0.3 is 25.0 Å². The molecule has 1 heterocycles. The monoisotopic (exact) mass is 505 g/mol. The van der Waals surface area contributed by atoms with Gasteiger partial charge >= 0.3 is 12.3 Å². The molecule has 3 amide bonds. The lowest BCUT2D eigenvalue weighted by atomic mass is 10.0. The molecule has 11 heteroatoms. The van der Waals surface area contributed by atoms with Crippen molar-refractivity contribution in [3.63, 3.8) is 0 Å². The topological polar surface area (TPSA) is 97.0 Å². The molecule has 0 unspecified atom stereocenters. The van der Waals surface area contributed by atoms with Crippen LogP contribution < -0.4 is 20.3 Å². The van der Waals surface area contributed by atoms with Crippen LogP contribution in [0.2, 0.25) is 0 Å². The maximum Gasteiger partial charge on any atom is 0.417 e. The number of hydrogen-bond donors (Lipinski definition) is 2. The molecular weight excluding hydrogens is 479 g/mol. The van der Waals surface area contributed by atoms with Crippen LogP contribution >= 0.6 is 0 Å². The number of carbonyl (C=O) groups excluding carboxylic acids is 3. The van der Waals surface area contributed by atoms with Gasteiger partial charge in [-0.2, -0.15) is 13.2 Å². The molecule has 36 heavy (non-hydrogen) atoms. The number of ether oxygens (including phenoxy) is 2. The number of amides is 3. The van der Waals surface area contributed by atoms with E-state index in [4.69, 9.17) is 9.47 Å². The van der Waals surface area contributed by atoms with Gasteiger partial charge in [-0.05, 0) is 31.5 Å². The number of benzene rings is 2. The maximum atomic E-state index is 13.8. The van der Waals surface area contributed by atoms with Gasteiger partial charge in [-0.15, -0.1) is 0 Å². The van der Waals surface area contributed by atoms with Crippen LogP contribution in [0.1, 0.15) is 48.2 Å². The van der Waals surface area contributed by atoms with E-state index in [1.807, 2.05) is 18.2 Å². The fourth-order valence-corrected chi connectivity index (χ4v) is 3.93. The molecule has 0 atom stereocenters. The Morgan fingerprint density at radius 2 is 1.86 bits per heavy atom. The van der Waals surface area contributed by atoms with Gasteiger partial charge in [0.2, 0.25) is 0 Å². The summed E-state index contributed by atoms with van der Waals surface area (Å²) in [6.45, 7) is 3.24. The molecule has 0 radical (unpaired) electrons. The normalized spacial score (nSPS) is 15.8. The lowest BCUT2D eigenvalue weighted by Crippen LogP contribution is -2.50. The second kappa shape index (κ2) is 9.71. The number of rotatable bonds is 7. The number of alkyl carbamates (subject to hydrolysis) is 1. The summed E-state index contributed by atoms with van der Waals surface area (Å²) in [5, 5.41) is 5.01. The SMILES string of the molecule is CC(C)NC(=O)c1cc2c(cc1C(F)(F)F)OC1(CC1)C(=O)N2CCNC(=O)OCc1ccccc1. The van der Waals surface area contributed by atoms with Crippen molar-refractivity contribution in [1.82, 2.24) is 10.6 Å². The summed E-state index contributed by atoms with van der Waals surface area (Å²) >= 11 is 0. The molecule has 1 spiro atoms. The van der Waals surface area contributed by atoms with Crippen LogP contribution in [0.4, 0.5) is 23.7 Å². The van der Waals surface area contributed by atoms with Crippen LogP contribution in [0.25, 0.3) is 0 Å². The average molecular weight is 505 g/mol. The second-order valence-corrected chi connectivity index (χ2v) is 9.03. The zero-order valence-corrected chi connectivity index (χ0v) is 19.8. The first-order chi connectivity index (χ1) is 17.0. The number of alkyl halides is 3. The minimum absolute atomic E-state index is 0.0244. The summed E-state index contributed by atoms with van der Waals surface area (Å²) in [4.78, 5) is 39.1. The minimum Gasteiger partial charge on any atom is -0.475 e. The Balaban J connectivity index is 1.54. The molecule has 2 N–H and O–H groups in total. The van der Waals surface area contributed by atoms with Crippen molar-refractivity contribution in [1.29, 1.82) is 0 Å². The van der Waals surface area contributed by atoms with Crippen LogP contribution in [-0.4, -0.2) is 42.6 Å². The summed E-state index contributed by atoms with van der Waals surface area (Å²) in [6, 6.07) is 10.5. The van der Waals surface area contributed by atoms with Crippen LogP contribution in [0.5, 0.6) is 5.75 Å². The third-order valence-electron chi connectivity index (χ3n) is 5.82. The van der Waals surface area contributed by atoms with Crippen molar-refractivity contribution < 1.29 is 37.0 Å². The van der Waals surface area contributed by atoms with E-state index in [0.717, 1.165) is 17.7 Å². The van der Waals surface area contributed by atoms with Crippen LogP contribution in [-0.2, 0) is 22.3 Å². The summed E-state index contributed by atoms with van der Waals surface area (Å²) < 4.78 is 52.3. The third kappa shape index (κ3) is 5.39. The standard InChI is InChI=1S/C25H26F3N3O5/c1-15(2)30-21(32)17-12-19-20(13-18(17)25(26,27)28)36-24(8-9-24)22(33)31(19)11-10-29-23(34)35-14-16-6-4-3-5-7-16/h3-7,12-13,15H,8-11,14H2,1-2H3,(H,29,34)(H,30,32). The number of fused-ring (bicyclic) bond motifs is 1. The van der Waals surface area contributed by atoms with Gasteiger partial charge in [0.05, 0.1) is 16.8 Å². The largest absolute Gasteiger partial charge is 0.475 e. The van der Waals surface area contributed by atoms with Crippen molar-refractivity contribution >= 4 is 23.6 Å². The van der Waals surface area contributed by atoms with Crippen LogP contribution in [0, 0.1) is 0 Å². The Hall–Kier alpha value is -3.76. The van der Waals surface area contributed by atoms with Crippen molar-refractivity contribution in [2.75, 3.05) is 18.0 Å². The second-order valence-electron chi connectivity index (χ2n) is 9.03. The highest BCUT2D eigenvalue weighted by atomic mass is 19.4. The Kier molecular flexibility index (Phi) is 6.83. The third-order valence-corrected chi connectivity index (χ3v) is 5.82. The molecule has 1 aliphatic heterocycles. The van der Waals surface area contributed by atoms with Crippen LogP contribution in [0.15, 0.2) is 42.5 Å². The number of hydrogen-bond acceptors (Lipinski definition) is 5. The summed E-state index contributed by atoms with van der Waals surface area (Å²) in [5.41, 5.74) is -2.14. The van der Waals surface area contributed by atoms with Gasteiger partial charge in [0.25, 0.3) is 11.8 Å². The Morgan fingerprint density at radius 1 is 1.17 bits per heavy atom. The van der Waals surface area contributed by atoms with E-state index in [1.54, 1.807) is 26.0 Å². The quantitative estimate of drug-likeness (QED) is 0.593. The summed E-state index contributed by atoms with van der Waals surface area (Å²) in [5.74, 6) is -1.47. The zero-order chi connectivity index (χ0) is 26.1. The fourth-order valence-electron chi connectivity index (χ4n) is 3.93. The van der Waals surface area contributed by atoms with Crippen molar-refractivity contribution in [3.8, 4) is 5.75 Å². The summed E-state index contributed by atoms with van der Waals surface area (Å²) in [6.07, 6.45) is -4.78. The lowest BCUT2D eigenvalue weighted by Gasteiger charge is -2.35. The highest BCUT2D eigenvalue weighted by Crippen LogP contribution is 2.51. The Bertz CT molecular complexity index is 1160.